The van der Waals surface area contributed by atoms with Crippen molar-refractivity contribution in [3.05, 3.63) is 71.3 Å². The molecule has 0 aromatic heterocycles. The lowest BCUT2D eigenvalue weighted by atomic mass is 9.98. The maximum absolute atomic E-state index is 12.6. The molecule has 0 fully saturated rings. The summed E-state index contributed by atoms with van der Waals surface area (Å²) in [6.07, 6.45) is 3.48. The maximum Gasteiger partial charge on any atom is 0.410 e. The molecule has 0 radical (unpaired) electrons. The van der Waals surface area contributed by atoms with Crippen LogP contribution >= 0.6 is 0 Å². The Bertz CT molecular complexity index is 957. The smallest absolute Gasteiger partial charge is 0.410 e. The van der Waals surface area contributed by atoms with E-state index in [1.807, 2.05) is 76.3 Å². The zero-order valence-corrected chi connectivity index (χ0v) is 19.4. The third-order valence-corrected chi connectivity index (χ3v) is 5.25. The molecule has 6 heteroatoms. The molecule has 2 N–H and O–H groups in total. The van der Waals surface area contributed by atoms with Crippen LogP contribution < -0.4 is 10.6 Å². The highest BCUT2D eigenvalue weighted by atomic mass is 16.6. The second kappa shape index (κ2) is 10.5. The third kappa shape index (κ3) is 6.69. The highest BCUT2D eigenvalue weighted by Gasteiger charge is 2.23. The fraction of sp³-hybridized carbons (Fsp3) is 0.385. The van der Waals surface area contributed by atoms with Crippen LogP contribution in [0.4, 0.5) is 10.5 Å². The number of nitrogens with zero attached hydrogens (tertiary/aromatic N) is 1. The summed E-state index contributed by atoms with van der Waals surface area (Å²) >= 11 is 0. The summed E-state index contributed by atoms with van der Waals surface area (Å²) in [6, 6.07) is 15.5. The molecule has 3 rings (SSSR count). The Kier molecular flexibility index (Phi) is 7.70. The van der Waals surface area contributed by atoms with Crippen molar-refractivity contribution in [1.82, 2.24) is 10.2 Å². The molecule has 0 atom stereocenters. The zero-order chi connectivity index (χ0) is 23.1. The highest BCUT2D eigenvalue weighted by molar-refractivity contribution is 6.04. The van der Waals surface area contributed by atoms with Crippen molar-refractivity contribution < 1.29 is 14.3 Å². The fourth-order valence-electron chi connectivity index (χ4n) is 3.49. The van der Waals surface area contributed by atoms with Crippen molar-refractivity contribution in [2.45, 2.75) is 39.2 Å². The molecule has 170 valence electrons. The first-order valence-electron chi connectivity index (χ1n) is 11.1. The van der Waals surface area contributed by atoms with Crippen molar-refractivity contribution in [1.29, 1.82) is 0 Å². The van der Waals surface area contributed by atoms with E-state index in [-0.39, 0.29) is 12.0 Å². The maximum atomic E-state index is 12.6. The lowest BCUT2D eigenvalue weighted by Crippen LogP contribution is -2.39. The number of hydrogen-bond donors (Lipinski definition) is 2. The van der Waals surface area contributed by atoms with Gasteiger partial charge < -0.3 is 20.3 Å². The number of benzene rings is 2. The number of hydrogen-bond acceptors (Lipinski definition) is 4. The van der Waals surface area contributed by atoms with Crippen molar-refractivity contribution in [3.63, 3.8) is 0 Å². The van der Waals surface area contributed by atoms with Gasteiger partial charge in [-0.05, 0) is 88.2 Å². The van der Waals surface area contributed by atoms with Gasteiger partial charge in [-0.2, -0.15) is 0 Å². The van der Waals surface area contributed by atoms with Gasteiger partial charge in [0.1, 0.15) is 5.60 Å². The zero-order valence-electron chi connectivity index (χ0n) is 19.4. The number of ether oxygens (including phenoxy) is 1. The minimum absolute atomic E-state index is 0.131. The Hall–Kier alpha value is -3.12. The minimum Gasteiger partial charge on any atom is -0.444 e. The predicted molar refractivity (Wildman–Crippen MR) is 129 cm³/mol. The van der Waals surface area contributed by atoms with Gasteiger partial charge in [0.2, 0.25) is 0 Å². The molecule has 1 aliphatic heterocycles. The van der Waals surface area contributed by atoms with Gasteiger partial charge in [0, 0.05) is 24.3 Å². The summed E-state index contributed by atoms with van der Waals surface area (Å²) in [6.45, 7) is 7.67. The van der Waals surface area contributed by atoms with Crippen LogP contribution in [0.25, 0.3) is 5.57 Å². The third-order valence-electron chi connectivity index (χ3n) is 5.25. The second-order valence-electron chi connectivity index (χ2n) is 8.99. The number of nitrogens with one attached hydrogen (secondary N) is 2. The molecular formula is C26H33N3O3. The molecule has 0 spiro atoms. The summed E-state index contributed by atoms with van der Waals surface area (Å²) in [4.78, 5) is 26.5. The van der Waals surface area contributed by atoms with Crippen molar-refractivity contribution in [3.8, 4) is 0 Å². The predicted octanol–water partition coefficient (Wildman–Crippen LogP) is 4.73. The number of rotatable bonds is 6. The molecule has 0 saturated carbocycles. The summed E-state index contributed by atoms with van der Waals surface area (Å²) in [5.41, 5.74) is 4.37. The summed E-state index contributed by atoms with van der Waals surface area (Å²) in [5, 5.41) is 6.08. The summed E-state index contributed by atoms with van der Waals surface area (Å²) in [5.74, 6) is -0.131. The molecule has 0 unspecified atom stereocenters. The largest absolute Gasteiger partial charge is 0.444 e. The summed E-state index contributed by atoms with van der Waals surface area (Å²) < 4.78 is 5.44. The Morgan fingerprint density at radius 2 is 1.72 bits per heavy atom. The lowest BCUT2D eigenvalue weighted by Gasteiger charge is -2.29. The lowest BCUT2D eigenvalue weighted by molar-refractivity contribution is 0.0270. The van der Waals surface area contributed by atoms with Gasteiger partial charge in [-0.1, -0.05) is 30.3 Å². The van der Waals surface area contributed by atoms with Crippen LogP contribution in [0, 0.1) is 0 Å². The molecule has 1 aliphatic rings. The first-order chi connectivity index (χ1) is 15.2. The molecule has 0 saturated heterocycles. The monoisotopic (exact) mass is 435 g/mol. The normalized spacial score (nSPS) is 14.0. The Morgan fingerprint density at radius 3 is 2.28 bits per heavy atom. The van der Waals surface area contributed by atoms with Gasteiger partial charge >= 0.3 is 6.09 Å². The van der Waals surface area contributed by atoms with E-state index in [9.17, 15) is 9.59 Å². The first kappa shape index (κ1) is 23.5. The van der Waals surface area contributed by atoms with E-state index in [2.05, 4.69) is 16.7 Å². The van der Waals surface area contributed by atoms with Crippen LogP contribution in [0.3, 0.4) is 0 Å². The van der Waals surface area contributed by atoms with Crippen LogP contribution in [0.15, 0.2) is 54.6 Å². The molecule has 6 nitrogen and oxygen atoms in total. The van der Waals surface area contributed by atoms with E-state index in [0.717, 1.165) is 30.6 Å². The number of carbonyl (C=O) groups is 2. The fourth-order valence-corrected chi connectivity index (χ4v) is 3.49. The minimum atomic E-state index is -0.494. The van der Waals surface area contributed by atoms with Gasteiger partial charge in [-0.15, -0.1) is 0 Å². The average Bonchev–Trinajstić information content (AvgIpc) is 2.77. The van der Waals surface area contributed by atoms with E-state index < -0.39 is 5.60 Å². The SMILES string of the molecule is CNCCc1ccc(NC(=O)c2ccc(C3=CCN(C(=O)OC(C)(C)C)CC3)cc2)cc1. The molecule has 32 heavy (non-hydrogen) atoms. The van der Waals surface area contributed by atoms with Crippen LogP contribution in [-0.4, -0.2) is 49.2 Å². The number of amides is 2. The number of carbonyl (C=O) groups excluding carboxylic acids is 2. The quantitative estimate of drug-likeness (QED) is 0.688. The first-order valence-corrected chi connectivity index (χ1v) is 11.1. The Balaban J connectivity index is 1.56. The molecule has 0 aliphatic carbocycles. The van der Waals surface area contributed by atoms with E-state index in [1.54, 1.807) is 4.90 Å². The van der Waals surface area contributed by atoms with Gasteiger partial charge in [0.25, 0.3) is 5.91 Å². The van der Waals surface area contributed by atoms with Gasteiger partial charge in [-0.3, -0.25) is 4.79 Å². The van der Waals surface area contributed by atoms with Crippen LogP contribution in [0.5, 0.6) is 0 Å². The van der Waals surface area contributed by atoms with E-state index in [4.69, 9.17) is 4.74 Å². The molecule has 2 aromatic rings. The van der Waals surface area contributed by atoms with Gasteiger partial charge in [-0.25, -0.2) is 4.79 Å². The average molecular weight is 436 g/mol. The highest BCUT2D eigenvalue weighted by Crippen LogP contribution is 2.24. The van der Waals surface area contributed by atoms with E-state index >= 15 is 0 Å². The number of likely N-dealkylation sites (N-methyl/N-ethyl adjacent to an activating group) is 1. The topological polar surface area (TPSA) is 70.7 Å². The van der Waals surface area contributed by atoms with Crippen molar-refractivity contribution in [2.75, 3.05) is 32.0 Å². The molecule has 2 amide bonds. The van der Waals surface area contributed by atoms with E-state index in [1.165, 1.54) is 11.1 Å². The molecule has 2 aromatic carbocycles. The van der Waals surface area contributed by atoms with Crippen LogP contribution in [-0.2, 0) is 11.2 Å². The van der Waals surface area contributed by atoms with Gasteiger partial charge in [0.15, 0.2) is 0 Å². The molecule has 0 bridgehead atoms. The van der Waals surface area contributed by atoms with E-state index in [0.29, 0.717) is 18.7 Å². The van der Waals surface area contributed by atoms with Gasteiger partial charge in [0.05, 0.1) is 0 Å². The summed E-state index contributed by atoms with van der Waals surface area (Å²) in [7, 11) is 1.93. The molecular weight excluding hydrogens is 402 g/mol. The Morgan fingerprint density at radius 1 is 1.03 bits per heavy atom. The molecule has 1 heterocycles. The van der Waals surface area contributed by atoms with Crippen molar-refractivity contribution in [2.24, 2.45) is 0 Å². The second-order valence-corrected chi connectivity index (χ2v) is 8.99. The standard InChI is InChI=1S/C26H33N3O3/c1-26(2,3)32-25(31)29-17-14-21(15-18-29)20-7-9-22(10-8-20)24(30)28-23-11-5-19(6-12-23)13-16-27-4/h5-12,14,27H,13,15-18H2,1-4H3,(H,28,30). The van der Waals surface area contributed by atoms with Crippen LogP contribution in [0.2, 0.25) is 0 Å². The van der Waals surface area contributed by atoms with Crippen LogP contribution in [0.1, 0.15) is 48.7 Å². The Labute approximate surface area is 190 Å². The number of anilines is 1. The van der Waals surface area contributed by atoms with Crippen molar-refractivity contribution >= 4 is 23.3 Å².